The predicted molar refractivity (Wildman–Crippen MR) is 126 cm³/mol. The molecular formula is C22H21BrClN3O5. The smallest absolute Gasteiger partial charge is 0.344 e. The van der Waals surface area contributed by atoms with E-state index < -0.39 is 12.1 Å². The molecule has 32 heavy (non-hydrogen) atoms. The minimum absolute atomic E-state index is 0.113. The molecule has 0 unspecified atom stereocenters. The highest BCUT2D eigenvalue weighted by Crippen LogP contribution is 2.36. The van der Waals surface area contributed by atoms with Crippen LogP contribution in [0.1, 0.15) is 31.7 Å². The number of carbonyl (C=O) groups is 1. The van der Waals surface area contributed by atoms with Crippen molar-refractivity contribution in [1.82, 2.24) is 9.66 Å². The SMILES string of the molecule is CCCc1nc2ccc(Br)cc2c(=O)n1N=Cc1cc(Cl)c(O[C@H](C)C(=O)O)c(OC)c1. The number of aryl methyl sites for hydroxylation is 1. The van der Waals surface area contributed by atoms with E-state index in [0.29, 0.717) is 28.7 Å². The molecule has 8 nitrogen and oxygen atoms in total. The van der Waals surface area contributed by atoms with E-state index in [1.54, 1.807) is 24.3 Å². The molecule has 0 spiro atoms. The number of carboxylic acids is 1. The lowest BCUT2D eigenvalue weighted by molar-refractivity contribution is -0.144. The van der Waals surface area contributed by atoms with E-state index in [0.717, 1.165) is 10.9 Å². The second kappa shape index (κ2) is 10.1. The minimum atomic E-state index is -1.13. The van der Waals surface area contributed by atoms with Crippen LogP contribution in [-0.2, 0) is 11.2 Å². The zero-order valence-corrected chi connectivity index (χ0v) is 20.0. The summed E-state index contributed by atoms with van der Waals surface area (Å²) in [5.74, 6) is -0.236. The molecule has 0 aliphatic rings. The maximum atomic E-state index is 13.1. The first-order valence-corrected chi connectivity index (χ1v) is 10.9. The molecule has 0 fully saturated rings. The Kier molecular flexibility index (Phi) is 7.52. The molecule has 0 amide bonds. The maximum absolute atomic E-state index is 13.1. The van der Waals surface area contributed by atoms with Crippen molar-refractivity contribution in [3.8, 4) is 11.5 Å². The molecule has 10 heteroatoms. The Morgan fingerprint density at radius 2 is 2.12 bits per heavy atom. The minimum Gasteiger partial charge on any atom is -0.493 e. The first-order valence-electron chi connectivity index (χ1n) is 9.77. The number of ether oxygens (including phenoxy) is 2. The fourth-order valence-electron chi connectivity index (χ4n) is 2.98. The number of aromatic nitrogens is 2. The fraction of sp³-hybridized carbons (Fsp3) is 0.273. The predicted octanol–water partition coefficient (Wildman–Crippen LogP) is 4.51. The number of fused-ring (bicyclic) bond motifs is 1. The molecule has 3 aromatic rings. The van der Waals surface area contributed by atoms with Crippen molar-refractivity contribution in [3.05, 3.63) is 61.6 Å². The van der Waals surface area contributed by atoms with Crippen LogP contribution < -0.4 is 15.0 Å². The summed E-state index contributed by atoms with van der Waals surface area (Å²) in [5, 5.41) is 14.0. The highest BCUT2D eigenvalue weighted by Gasteiger charge is 2.19. The molecule has 0 saturated carbocycles. The van der Waals surface area contributed by atoms with Crippen LogP contribution in [0.25, 0.3) is 10.9 Å². The lowest BCUT2D eigenvalue weighted by Gasteiger charge is -2.15. The topological polar surface area (TPSA) is 103 Å². The van der Waals surface area contributed by atoms with Gasteiger partial charge < -0.3 is 14.6 Å². The van der Waals surface area contributed by atoms with Gasteiger partial charge in [0.25, 0.3) is 5.56 Å². The van der Waals surface area contributed by atoms with Gasteiger partial charge in [-0.2, -0.15) is 9.78 Å². The summed E-state index contributed by atoms with van der Waals surface area (Å²) >= 11 is 9.69. The summed E-state index contributed by atoms with van der Waals surface area (Å²) in [7, 11) is 1.42. The fourth-order valence-corrected chi connectivity index (χ4v) is 3.60. The Morgan fingerprint density at radius 1 is 1.38 bits per heavy atom. The van der Waals surface area contributed by atoms with Gasteiger partial charge in [-0.3, -0.25) is 4.79 Å². The number of hydrogen-bond acceptors (Lipinski definition) is 6. The van der Waals surface area contributed by atoms with Gasteiger partial charge in [-0.25, -0.2) is 9.78 Å². The zero-order chi connectivity index (χ0) is 23.4. The van der Waals surface area contributed by atoms with Crippen molar-refractivity contribution >= 4 is 50.6 Å². The van der Waals surface area contributed by atoms with Crippen LogP contribution in [0.15, 0.2) is 44.7 Å². The number of hydrogen-bond donors (Lipinski definition) is 1. The third-order valence-electron chi connectivity index (χ3n) is 4.57. The largest absolute Gasteiger partial charge is 0.493 e. The highest BCUT2D eigenvalue weighted by atomic mass is 79.9. The van der Waals surface area contributed by atoms with E-state index in [9.17, 15) is 9.59 Å². The molecule has 1 N–H and O–H groups in total. The van der Waals surface area contributed by atoms with E-state index in [1.807, 2.05) is 13.0 Å². The van der Waals surface area contributed by atoms with Crippen LogP contribution in [0.4, 0.5) is 0 Å². The summed E-state index contributed by atoms with van der Waals surface area (Å²) in [4.78, 5) is 28.8. The van der Waals surface area contributed by atoms with Crippen LogP contribution in [0.3, 0.4) is 0 Å². The third kappa shape index (κ3) is 5.11. The Labute approximate surface area is 197 Å². The van der Waals surface area contributed by atoms with E-state index in [2.05, 4.69) is 26.0 Å². The summed E-state index contributed by atoms with van der Waals surface area (Å²) in [6, 6.07) is 8.47. The van der Waals surface area contributed by atoms with E-state index in [1.165, 1.54) is 24.9 Å². The molecule has 1 atom stereocenters. The molecule has 0 aliphatic carbocycles. The van der Waals surface area contributed by atoms with Gasteiger partial charge in [0.15, 0.2) is 17.6 Å². The van der Waals surface area contributed by atoms with Gasteiger partial charge in [-0.05, 0) is 49.2 Å². The first kappa shape index (κ1) is 23.7. The van der Waals surface area contributed by atoms with Gasteiger partial charge in [-0.1, -0.05) is 34.5 Å². The molecule has 0 aliphatic heterocycles. The number of aliphatic carboxylic acids is 1. The van der Waals surface area contributed by atoms with E-state index >= 15 is 0 Å². The average molecular weight is 523 g/mol. The molecule has 0 radical (unpaired) electrons. The number of carboxylic acid groups (broad SMARTS) is 1. The summed E-state index contributed by atoms with van der Waals surface area (Å²) in [5.41, 5.74) is 0.849. The standard InChI is InChI=1S/C22H21BrClN3O5/c1-4-5-19-26-17-7-6-14(23)10-15(17)21(28)27(19)25-11-13-8-16(24)20(18(9-13)31-3)32-12(2)22(29)30/h6-12H,4-5H2,1-3H3,(H,29,30)/t12-/m1/s1. The number of rotatable bonds is 8. The van der Waals surface area contributed by atoms with Gasteiger partial charge in [0.1, 0.15) is 5.82 Å². The van der Waals surface area contributed by atoms with Gasteiger partial charge in [0.05, 0.1) is 29.2 Å². The quantitative estimate of drug-likeness (QED) is 0.437. The number of nitrogens with zero attached hydrogens (tertiary/aromatic N) is 3. The van der Waals surface area contributed by atoms with Crippen LogP contribution in [0, 0.1) is 0 Å². The average Bonchev–Trinajstić information content (AvgIpc) is 2.75. The molecule has 168 valence electrons. The molecule has 0 saturated heterocycles. The Hall–Kier alpha value is -2.91. The normalized spacial score (nSPS) is 12.3. The summed E-state index contributed by atoms with van der Waals surface area (Å²) < 4.78 is 12.8. The van der Waals surface area contributed by atoms with Crippen LogP contribution in [0.2, 0.25) is 5.02 Å². The Morgan fingerprint density at radius 3 is 2.78 bits per heavy atom. The van der Waals surface area contributed by atoms with Crippen molar-refractivity contribution in [2.75, 3.05) is 7.11 Å². The lowest BCUT2D eigenvalue weighted by atomic mass is 10.2. The summed E-state index contributed by atoms with van der Waals surface area (Å²) in [6.45, 7) is 3.38. The third-order valence-corrected chi connectivity index (χ3v) is 5.34. The van der Waals surface area contributed by atoms with E-state index in [-0.39, 0.29) is 22.1 Å². The number of methoxy groups -OCH3 is 1. The number of halogens is 2. The van der Waals surface area contributed by atoms with Crippen molar-refractivity contribution in [3.63, 3.8) is 0 Å². The molecule has 1 heterocycles. The van der Waals surface area contributed by atoms with Crippen molar-refractivity contribution in [1.29, 1.82) is 0 Å². The van der Waals surface area contributed by atoms with Crippen molar-refractivity contribution < 1.29 is 19.4 Å². The van der Waals surface area contributed by atoms with Crippen molar-refractivity contribution in [2.24, 2.45) is 5.10 Å². The first-order chi connectivity index (χ1) is 15.2. The monoisotopic (exact) mass is 521 g/mol. The second-order valence-electron chi connectivity index (χ2n) is 6.93. The van der Waals surface area contributed by atoms with Crippen molar-refractivity contribution in [2.45, 2.75) is 32.8 Å². The molecule has 0 bridgehead atoms. The molecular weight excluding hydrogens is 502 g/mol. The maximum Gasteiger partial charge on any atom is 0.344 e. The summed E-state index contributed by atoms with van der Waals surface area (Å²) in [6.07, 6.45) is 1.71. The molecule has 3 rings (SSSR count). The lowest BCUT2D eigenvalue weighted by Crippen LogP contribution is -2.23. The van der Waals surface area contributed by atoms with Crippen LogP contribution in [-0.4, -0.2) is 40.2 Å². The van der Waals surface area contributed by atoms with Gasteiger partial charge in [0.2, 0.25) is 0 Å². The number of benzene rings is 2. The van der Waals surface area contributed by atoms with Crippen LogP contribution >= 0.6 is 27.5 Å². The van der Waals surface area contributed by atoms with Crippen LogP contribution in [0.5, 0.6) is 11.5 Å². The van der Waals surface area contributed by atoms with Gasteiger partial charge >= 0.3 is 5.97 Å². The van der Waals surface area contributed by atoms with Gasteiger partial charge in [0, 0.05) is 10.9 Å². The molecule has 2 aromatic carbocycles. The second-order valence-corrected chi connectivity index (χ2v) is 8.26. The highest BCUT2D eigenvalue weighted by molar-refractivity contribution is 9.10. The zero-order valence-electron chi connectivity index (χ0n) is 17.6. The molecule has 1 aromatic heterocycles. The van der Waals surface area contributed by atoms with Gasteiger partial charge in [-0.15, -0.1) is 0 Å². The van der Waals surface area contributed by atoms with E-state index in [4.69, 9.17) is 26.2 Å². The Balaban J connectivity index is 2.06. The Bertz CT molecular complexity index is 1260.